The van der Waals surface area contributed by atoms with Gasteiger partial charge < -0.3 is 9.72 Å². The van der Waals surface area contributed by atoms with Gasteiger partial charge in [0.1, 0.15) is 11.8 Å². The number of methoxy groups -OCH3 is 1. The third kappa shape index (κ3) is 5.06. The van der Waals surface area contributed by atoms with E-state index in [0.717, 1.165) is 73.1 Å². The quantitative estimate of drug-likeness (QED) is 0.380. The molecule has 3 heterocycles. The number of aromatic nitrogens is 5. The molecule has 2 fully saturated rings. The minimum atomic E-state index is -0.345. The predicted molar refractivity (Wildman–Crippen MR) is 147 cm³/mol. The number of H-pyrrole nitrogens is 1. The first-order chi connectivity index (χ1) is 18.6. The molecule has 9 nitrogen and oxygen atoms in total. The van der Waals surface area contributed by atoms with Crippen molar-refractivity contribution < 1.29 is 4.74 Å². The highest BCUT2D eigenvalue weighted by atomic mass is 35.5. The summed E-state index contributed by atoms with van der Waals surface area (Å²) >= 11 is 6.07. The van der Waals surface area contributed by atoms with Crippen LogP contribution in [0.4, 0.5) is 0 Å². The molecule has 0 amide bonds. The molecule has 1 saturated heterocycles. The van der Waals surface area contributed by atoms with Gasteiger partial charge in [0.05, 0.1) is 13.2 Å². The lowest BCUT2D eigenvalue weighted by molar-refractivity contribution is 0.0989. The Kier molecular flexibility index (Phi) is 7.14. The molecule has 0 radical (unpaired) electrons. The van der Waals surface area contributed by atoms with Crippen molar-refractivity contribution in [1.29, 1.82) is 0 Å². The SMILES string of the molecule is COc1ccc2[nH]c(=O)c([C@@H](c3nnnn3C3CCCC3)N3CCN(Cc4ccc(Cl)cc4)CC3)cc2c1. The van der Waals surface area contributed by atoms with E-state index in [1.165, 1.54) is 18.4 Å². The van der Waals surface area contributed by atoms with Crippen molar-refractivity contribution in [2.45, 2.75) is 44.3 Å². The number of tetrazole rings is 1. The van der Waals surface area contributed by atoms with Gasteiger partial charge in [-0.05, 0) is 65.2 Å². The highest BCUT2D eigenvalue weighted by molar-refractivity contribution is 6.30. The normalized spacial score (nSPS) is 18.3. The number of hydrogen-bond acceptors (Lipinski definition) is 7. The van der Waals surface area contributed by atoms with Gasteiger partial charge in [-0.2, -0.15) is 0 Å². The van der Waals surface area contributed by atoms with Crippen LogP contribution in [0.1, 0.15) is 54.7 Å². The molecule has 1 N–H and O–H groups in total. The van der Waals surface area contributed by atoms with E-state index in [9.17, 15) is 4.79 Å². The van der Waals surface area contributed by atoms with E-state index in [1.807, 2.05) is 41.1 Å². The molecular formula is C28H32ClN7O2. The number of halogens is 1. The predicted octanol–water partition coefficient (Wildman–Crippen LogP) is 4.20. The zero-order valence-corrected chi connectivity index (χ0v) is 22.3. The standard InChI is InChI=1S/C28H32ClN7O2/c1-38-23-10-11-25-20(16-23)17-24(28(37)30-25)26(27-31-32-33-36(27)22-4-2-3-5-22)35-14-12-34(13-15-35)18-19-6-8-21(29)9-7-19/h6-11,16-17,22,26H,2-5,12-15,18H2,1H3,(H,30,37)/t26-/m0/s1. The van der Waals surface area contributed by atoms with Gasteiger partial charge in [-0.3, -0.25) is 14.6 Å². The Morgan fingerprint density at radius 3 is 2.55 bits per heavy atom. The topological polar surface area (TPSA) is 92.2 Å². The third-order valence-corrected chi connectivity index (χ3v) is 8.15. The number of rotatable bonds is 7. The molecule has 10 heteroatoms. The van der Waals surface area contributed by atoms with Crippen LogP contribution in [-0.2, 0) is 6.54 Å². The molecule has 1 saturated carbocycles. The first kappa shape index (κ1) is 25.0. The number of nitrogens with one attached hydrogen (secondary N) is 1. The molecule has 2 aromatic heterocycles. The van der Waals surface area contributed by atoms with Crippen LogP contribution in [0.5, 0.6) is 5.75 Å². The molecule has 198 valence electrons. The number of pyridine rings is 1. The Balaban J connectivity index is 1.34. The zero-order valence-electron chi connectivity index (χ0n) is 21.5. The number of ether oxygens (including phenoxy) is 1. The second-order valence-electron chi connectivity index (χ2n) is 10.3. The third-order valence-electron chi connectivity index (χ3n) is 7.90. The molecule has 2 aliphatic rings. The summed E-state index contributed by atoms with van der Waals surface area (Å²) in [4.78, 5) is 21.4. The summed E-state index contributed by atoms with van der Waals surface area (Å²) in [7, 11) is 1.65. The molecule has 4 aromatic rings. The first-order valence-electron chi connectivity index (χ1n) is 13.3. The van der Waals surface area contributed by atoms with Gasteiger partial charge in [-0.1, -0.05) is 36.6 Å². The molecule has 1 atom stereocenters. The van der Waals surface area contributed by atoms with E-state index >= 15 is 0 Å². The smallest absolute Gasteiger partial charge is 0.253 e. The number of hydrogen-bond donors (Lipinski definition) is 1. The van der Waals surface area contributed by atoms with Gasteiger partial charge in [0.15, 0.2) is 5.82 Å². The number of fused-ring (bicyclic) bond motifs is 1. The molecule has 0 spiro atoms. The average Bonchev–Trinajstić information content (AvgIpc) is 3.64. The molecule has 38 heavy (non-hydrogen) atoms. The van der Waals surface area contributed by atoms with Crippen molar-refractivity contribution in [3.8, 4) is 5.75 Å². The maximum absolute atomic E-state index is 13.5. The van der Waals surface area contributed by atoms with Gasteiger partial charge in [0, 0.05) is 54.2 Å². The second kappa shape index (κ2) is 10.8. The maximum Gasteiger partial charge on any atom is 0.253 e. The van der Waals surface area contributed by atoms with Crippen LogP contribution in [0, 0.1) is 0 Å². The van der Waals surface area contributed by atoms with E-state index in [-0.39, 0.29) is 17.6 Å². The molecule has 0 bridgehead atoms. The molecule has 1 aliphatic heterocycles. The molecular weight excluding hydrogens is 502 g/mol. The monoisotopic (exact) mass is 533 g/mol. The van der Waals surface area contributed by atoms with Crippen LogP contribution in [0.3, 0.4) is 0 Å². The summed E-state index contributed by atoms with van der Waals surface area (Å²) in [5.74, 6) is 1.49. The summed E-state index contributed by atoms with van der Waals surface area (Å²) in [5.41, 5.74) is 2.56. The summed E-state index contributed by atoms with van der Waals surface area (Å²) in [5, 5.41) is 14.7. The van der Waals surface area contributed by atoms with Gasteiger partial charge >= 0.3 is 0 Å². The Hall–Kier alpha value is -3.27. The number of nitrogens with zero attached hydrogens (tertiary/aromatic N) is 6. The lowest BCUT2D eigenvalue weighted by Gasteiger charge is -2.39. The molecule has 0 unspecified atom stereocenters. The fraction of sp³-hybridized carbons (Fsp3) is 0.429. The fourth-order valence-electron chi connectivity index (χ4n) is 5.85. The minimum Gasteiger partial charge on any atom is -0.497 e. The molecule has 2 aromatic carbocycles. The minimum absolute atomic E-state index is 0.114. The summed E-state index contributed by atoms with van der Waals surface area (Å²) in [6, 6.07) is 15.6. The Morgan fingerprint density at radius 1 is 1.05 bits per heavy atom. The van der Waals surface area contributed by atoms with Crippen molar-refractivity contribution in [3.05, 3.63) is 80.9 Å². The van der Waals surface area contributed by atoms with E-state index in [0.29, 0.717) is 5.56 Å². The van der Waals surface area contributed by atoms with Crippen molar-refractivity contribution in [2.24, 2.45) is 0 Å². The van der Waals surface area contributed by atoms with Crippen LogP contribution in [0.25, 0.3) is 10.9 Å². The molecule has 1 aliphatic carbocycles. The Labute approximate surface area is 226 Å². The van der Waals surface area contributed by atoms with Crippen LogP contribution in [0.2, 0.25) is 5.02 Å². The van der Waals surface area contributed by atoms with Gasteiger partial charge in [0.25, 0.3) is 5.56 Å². The summed E-state index contributed by atoms with van der Waals surface area (Å²) in [6.45, 7) is 4.22. The Bertz CT molecular complexity index is 1450. The summed E-state index contributed by atoms with van der Waals surface area (Å²) in [6.07, 6.45) is 4.47. The lowest BCUT2D eigenvalue weighted by atomic mass is 10.0. The van der Waals surface area contributed by atoms with Crippen LogP contribution < -0.4 is 10.3 Å². The number of aromatic amines is 1. The van der Waals surface area contributed by atoms with Crippen molar-refractivity contribution >= 4 is 22.5 Å². The van der Waals surface area contributed by atoms with Gasteiger partial charge in [-0.25, -0.2) is 4.68 Å². The van der Waals surface area contributed by atoms with Crippen LogP contribution in [0.15, 0.2) is 53.3 Å². The van der Waals surface area contributed by atoms with E-state index < -0.39 is 0 Å². The lowest BCUT2D eigenvalue weighted by Crippen LogP contribution is -2.48. The van der Waals surface area contributed by atoms with Crippen LogP contribution in [-0.4, -0.2) is 68.3 Å². The van der Waals surface area contributed by atoms with E-state index in [1.54, 1.807) is 7.11 Å². The fourth-order valence-corrected chi connectivity index (χ4v) is 5.97. The van der Waals surface area contributed by atoms with Crippen molar-refractivity contribution in [2.75, 3.05) is 33.3 Å². The number of benzene rings is 2. The molecule has 6 rings (SSSR count). The second-order valence-corrected chi connectivity index (χ2v) is 10.7. The van der Waals surface area contributed by atoms with Gasteiger partial charge in [-0.15, -0.1) is 5.10 Å². The highest BCUT2D eigenvalue weighted by Crippen LogP contribution is 2.34. The van der Waals surface area contributed by atoms with Gasteiger partial charge in [0.2, 0.25) is 0 Å². The summed E-state index contributed by atoms with van der Waals surface area (Å²) < 4.78 is 7.42. The van der Waals surface area contributed by atoms with Crippen LogP contribution >= 0.6 is 11.6 Å². The number of piperazine rings is 1. The van der Waals surface area contributed by atoms with Crippen molar-refractivity contribution in [3.63, 3.8) is 0 Å². The zero-order chi connectivity index (χ0) is 26.1. The van der Waals surface area contributed by atoms with Crippen molar-refractivity contribution in [1.82, 2.24) is 35.0 Å². The van der Waals surface area contributed by atoms with E-state index in [2.05, 4.69) is 42.4 Å². The maximum atomic E-state index is 13.5. The highest BCUT2D eigenvalue weighted by Gasteiger charge is 2.34. The van der Waals surface area contributed by atoms with E-state index in [4.69, 9.17) is 16.3 Å². The largest absolute Gasteiger partial charge is 0.497 e. The Morgan fingerprint density at radius 2 is 1.82 bits per heavy atom. The first-order valence-corrected chi connectivity index (χ1v) is 13.7. The average molecular weight is 534 g/mol.